The summed E-state index contributed by atoms with van der Waals surface area (Å²) >= 11 is 0. The summed E-state index contributed by atoms with van der Waals surface area (Å²) in [5, 5.41) is 0. The molecule has 0 atom stereocenters. The molecule has 0 fully saturated rings. The van der Waals surface area contributed by atoms with Gasteiger partial charge < -0.3 is 9.30 Å². The molecule has 0 unspecified atom stereocenters. The molecule has 0 bridgehead atoms. The van der Waals surface area contributed by atoms with Crippen molar-refractivity contribution < 1.29 is 9.13 Å². The molecule has 0 N–H and O–H groups in total. The van der Waals surface area contributed by atoms with Crippen LogP contribution >= 0.6 is 0 Å². The fraction of sp³-hybridized carbons (Fsp3) is 0.238. The van der Waals surface area contributed by atoms with E-state index >= 15 is 0 Å². The molecule has 3 aromatic rings. The van der Waals surface area contributed by atoms with Crippen molar-refractivity contribution in [3.8, 4) is 5.75 Å². The molecule has 0 saturated heterocycles. The van der Waals surface area contributed by atoms with Crippen molar-refractivity contribution in [3.05, 3.63) is 88.5 Å². The van der Waals surface area contributed by atoms with E-state index in [0.717, 1.165) is 29.0 Å². The zero-order valence-corrected chi connectivity index (χ0v) is 14.3. The molecule has 2 nitrogen and oxygen atoms in total. The van der Waals surface area contributed by atoms with E-state index in [1.807, 2.05) is 0 Å². The van der Waals surface area contributed by atoms with E-state index < -0.39 is 0 Å². The van der Waals surface area contributed by atoms with Crippen molar-refractivity contribution in [1.29, 1.82) is 0 Å². The van der Waals surface area contributed by atoms with Crippen LogP contribution in [0.3, 0.4) is 0 Å². The van der Waals surface area contributed by atoms with E-state index in [-0.39, 0.29) is 5.82 Å². The van der Waals surface area contributed by atoms with E-state index in [4.69, 9.17) is 4.74 Å². The largest absolute Gasteiger partial charge is 0.489 e. The zero-order valence-electron chi connectivity index (χ0n) is 14.3. The lowest BCUT2D eigenvalue weighted by Gasteiger charge is -2.14. The lowest BCUT2D eigenvalue weighted by atomic mass is 10.1. The van der Waals surface area contributed by atoms with Gasteiger partial charge in [-0.2, -0.15) is 0 Å². The number of benzene rings is 2. The molecule has 2 aromatic carbocycles. The van der Waals surface area contributed by atoms with Crippen LogP contribution in [0.15, 0.2) is 54.7 Å². The third-order valence-electron chi connectivity index (χ3n) is 4.38. The molecule has 0 amide bonds. The third-order valence-corrected chi connectivity index (χ3v) is 4.38. The van der Waals surface area contributed by atoms with Crippen LogP contribution < -0.4 is 4.74 Å². The first-order chi connectivity index (χ1) is 11.5. The molecular weight excluding hydrogens is 301 g/mol. The molecule has 1 heterocycles. The van der Waals surface area contributed by atoms with Gasteiger partial charge in [-0.25, -0.2) is 4.39 Å². The zero-order chi connectivity index (χ0) is 17.1. The van der Waals surface area contributed by atoms with E-state index in [9.17, 15) is 4.39 Å². The first-order valence-electron chi connectivity index (χ1n) is 8.12. The number of aryl methyl sites for hydroxylation is 2. The minimum absolute atomic E-state index is 0.228. The fourth-order valence-electron chi connectivity index (χ4n) is 2.68. The van der Waals surface area contributed by atoms with Crippen molar-refractivity contribution >= 4 is 0 Å². The Kier molecular flexibility index (Phi) is 4.70. The number of halogens is 1. The molecule has 0 aliphatic rings. The maximum Gasteiger partial charge on any atom is 0.125 e. The average Bonchev–Trinajstić information content (AvgIpc) is 2.88. The Morgan fingerprint density at radius 2 is 1.71 bits per heavy atom. The quantitative estimate of drug-likeness (QED) is 0.631. The monoisotopic (exact) mass is 323 g/mol. The van der Waals surface area contributed by atoms with Crippen LogP contribution in [0.4, 0.5) is 4.39 Å². The van der Waals surface area contributed by atoms with Crippen LogP contribution in [0, 0.1) is 26.6 Å². The molecule has 0 radical (unpaired) electrons. The minimum atomic E-state index is -0.228. The highest BCUT2D eigenvalue weighted by atomic mass is 19.1. The van der Waals surface area contributed by atoms with Crippen molar-refractivity contribution in [2.45, 2.75) is 33.9 Å². The van der Waals surface area contributed by atoms with Gasteiger partial charge in [-0.05, 0) is 61.7 Å². The van der Waals surface area contributed by atoms with Crippen molar-refractivity contribution in [1.82, 2.24) is 4.57 Å². The molecule has 0 aliphatic carbocycles. The van der Waals surface area contributed by atoms with Crippen LogP contribution in [0.25, 0.3) is 0 Å². The Hall–Kier alpha value is -2.55. The normalized spacial score (nSPS) is 10.8. The van der Waals surface area contributed by atoms with Gasteiger partial charge in [-0.15, -0.1) is 0 Å². The Balaban J connectivity index is 1.80. The summed E-state index contributed by atoms with van der Waals surface area (Å²) in [6, 6.07) is 14.8. The van der Waals surface area contributed by atoms with Crippen LogP contribution in [-0.2, 0) is 13.2 Å². The average molecular weight is 323 g/mol. The second-order valence-electron chi connectivity index (χ2n) is 6.24. The molecule has 24 heavy (non-hydrogen) atoms. The van der Waals surface area contributed by atoms with E-state index in [1.165, 1.54) is 23.4 Å². The smallest absolute Gasteiger partial charge is 0.125 e. The second kappa shape index (κ2) is 6.91. The van der Waals surface area contributed by atoms with Gasteiger partial charge in [0.15, 0.2) is 0 Å². The van der Waals surface area contributed by atoms with Crippen LogP contribution in [0.1, 0.15) is 27.9 Å². The summed E-state index contributed by atoms with van der Waals surface area (Å²) in [6.45, 7) is 7.51. The van der Waals surface area contributed by atoms with E-state index in [0.29, 0.717) is 6.61 Å². The van der Waals surface area contributed by atoms with Gasteiger partial charge in [-0.1, -0.05) is 24.3 Å². The van der Waals surface area contributed by atoms with Crippen LogP contribution in [0.2, 0.25) is 0 Å². The van der Waals surface area contributed by atoms with Crippen molar-refractivity contribution in [2.24, 2.45) is 0 Å². The minimum Gasteiger partial charge on any atom is -0.489 e. The standard InChI is InChI=1S/C21H22FNO/c1-15-4-7-19(13-23-11-10-16(2)17(23)3)21(12-15)24-14-18-5-8-20(22)9-6-18/h4-12H,13-14H2,1-3H3. The molecule has 0 spiro atoms. The van der Waals surface area contributed by atoms with E-state index in [1.54, 1.807) is 12.1 Å². The third kappa shape index (κ3) is 3.67. The number of hydrogen-bond acceptors (Lipinski definition) is 1. The van der Waals surface area contributed by atoms with Gasteiger partial charge in [0.05, 0.1) is 6.54 Å². The van der Waals surface area contributed by atoms with E-state index in [2.05, 4.69) is 55.8 Å². The molecular formula is C21H22FNO. The molecule has 124 valence electrons. The van der Waals surface area contributed by atoms with Crippen molar-refractivity contribution in [3.63, 3.8) is 0 Å². The highest BCUT2D eigenvalue weighted by Crippen LogP contribution is 2.24. The maximum absolute atomic E-state index is 13.0. The number of nitrogens with zero attached hydrogens (tertiary/aromatic N) is 1. The highest BCUT2D eigenvalue weighted by Gasteiger charge is 2.08. The molecule has 0 aliphatic heterocycles. The number of hydrogen-bond donors (Lipinski definition) is 0. The van der Waals surface area contributed by atoms with Gasteiger partial charge in [0, 0.05) is 17.5 Å². The van der Waals surface area contributed by atoms with Gasteiger partial charge in [0.1, 0.15) is 18.2 Å². The summed E-state index contributed by atoms with van der Waals surface area (Å²) in [5.74, 6) is 0.651. The van der Waals surface area contributed by atoms with Gasteiger partial charge >= 0.3 is 0 Å². The first-order valence-corrected chi connectivity index (χ1v) is 8.12. The number of ether oxygens (including phenoxy) is 1. The van der Waals surface area contributed by atoms with Gasteiger partial charge in [0.2, 0.25) is 0 Å². The lowest BCUT2D eigenvalue weighted by molar-refractivity contribution is 0.302. The summed E-state index contributed by atoms with van der Waals surface area (Å²) in [7, 11) is 0. The van der Waals surface area contributed by atoms with Crippen LogP contribution in [0.5, 0.6) is 5.75 Å². The predicted molar refractivity (Wildman–Crippen MR) is 94.9 cm³/mol. The summed E-state index contributed by atoms with van der Waals surface area (Å²) in [4.78, 5) is 0. The molecule has 3 rings (SSSR count). The Morgan fingerprint density at radius 3 is 2.38 bits per heavy atom. The Labute approximate surface area is 142 Å². The molecule has 3 heteroatoms. The lowest BCUT2D eigenvalue weighted by Crippen LogP contribution is -2.05. The Morgan fingerprint density at radius 1 is 0.958 bits per heavy atom. The van der Waals surface area contributed by atoms with Crippen molar-refractivity contribution in [2.75, 3.05) is 0 Å². The summed E-state index contributed by atoms with van der Waals surface area (Å²) in [6.07, 6.45) is 2.11. The first kappa shape index (κ1) is 16.3. The summed E-state index contributed by atoms with van der Waals surface area (Å²) in [5.41, 5.74) is 5.81. The van der Waals surface area contributed by atoms with Gasteiger partial charge in [0.25, 0.3) is 0 Å². The number of rotatable bonds is 5. The summed E-state index contributed by atoms with van der Waals surface area (Å²) < 4.78 is 21.3. The number of aromatic nitrogens is 1. The topological polar surface area (TPSA) is 14.2 Å². The Bertz CT molecular complexity index is 834. The molecule has 1 aromatic heterocycles. The SMILES string of the molecule is Cc1ccc(Cn2ccc(C)c2C)c(OCc2ccc(F)cc2)c1. The second-order valence-corrected chi connectivity index (χ2v) is 6.24. The molecule has 0 saturated carbocycles. The van der Waals surface area contributed by atoms with Crippen LogP contribution in [-0.4, -0.2) is 4.57 Å². The predicted octanol–water partition coefficient (Wildman–Crippen LogP) is 5.18. The maximum atomic E-state index is 13.0. The van der Waals surface area contributed by atoms with Gasteiger partial charge in [-0.3, -0.25) is 0 Å². The fourth-order valence-corrected chi connectivity index (χ4v) is 2.68. The highest BCUT2D eigenvalue weighted by molar-refractivity contribution is 5.38.